The van der Waals surface area contributed by atoms with E-state index in [1.54, 1.807) is 7.11 Å². The van der Waals surface area contributed by atoms with Gasteiger partial charge in [0, 0.05) is 32.4 Å². The van der Waals surface area contributed by atoms with Crippen LogP contribution in [0.5, 0.6) is 0 Å². The Kier molecular flexibility index (Phi) is 4.33. The van der Waals surface area contributed by atoms with E-state index in [0.717, 1.165) is 43.2 Å². The molecule has 1 aliphatic heterocycles. The maximum Gasteiger partial charge on any atom is 0.129 e. The number of aromatic nitrogens is 1. The van der Waals surface area contributed by atoms with Gasteiger partial charge >= 0.3 is 0 Å². The largest absolute Gasteiger partial charge is 0.380 e. The first kappa shape index (κ1) is 13.1. The summed E-state index contributed by atoms with van der Waals surface area (Å²) in [5.41, 5.74) is 9.25. The molecule has 98 valence electrons. The lowest BCUT2D eigenvalue weighted by Gasteiger charge is -2.28. The first-order valence-electron chi connectivity index (χ1n) is 6.32. The van der Waals surface area contributed by atoms with Crippen molar-refractivity contribution in [3.8, 4) is 0 Å². The number of rotatable bonds is 4. The Balaban J connectivity index is 2.11. The molecule has 0 atom stereocenters. The van der Waals surface area contributed by atoms with Crippen molar-refractivity contribution in [2.75, 3.05) is 31.7 Å². The molecule has 0 bridgehead atoms. The molecule has 2 heterocycles. The lowest BCUT2D eigenvalue weighted by atomic mass is 10.1. The van der Waals surface area contributed by atoms with E-state index in [2.05, 4.69) is 22.0 Å². The number of nitrogens with two attached hydrogens (primary N) is 1. The summed E-state index contributed by atoms with van der Waals surface area (Å²) in [4.78, 5) is 6.87. The third kappa shape index (κ3) is 3.09. The van der Waals surface area contributed by atoms with Crippen LogP contribution >= 0.6 is 0 Å². The Morgan fingerprint density at radius 2 is 2.28 bits per heavy atom. The van der Waals surface area contributed by atoms with Crippen LogP contribution in [0.15, 0.2) is 23.8 Å². The van der Waals surface area contributed by atoms with Crippen LogP contribution in [0.4, 0.5) is 5.82 Å². The lowest BCUT2D eigenvalue weighted by molar-refractivity contribution is 0.222. The fourth-order valence-corrected chi connectivity index (χ4v) is 2.24. The van der Waals surface area contributed by atoms with E-state index < -0.39 is 0 Å². The minimum absolute atomic E-state index is 0.564. The predicted molar refractivity (Wildman–Crippen MR) is 73.7 cm³/mol. The van der Waals surface area contributed by atoms with Gasteiger partial charge in [0.25, 0.3) is 0 Å². The highest BCUT2D eigenvalue weighted by Gasteiger charge is 2.13. The second-order valence-electron chi connectivity index (χ2n) is 4.67. The van der Waals surface area contributed by atoms with Crippen molar-refractivity contribution in [2.24, 2.45) is 5.73 Å². The van der Waals surface area contributed by atoms with E-state index in [9.17, 15) is 0 Å². The van der Waals surface area contributed by atoms with Gasteiger partial charge in [-0.25, -0.2) is 4.98 Å². The van der Waals surface area contributed by atoms with Crippen molar-refractivity contribution in [1.82, 2.24) is 4.98 Å². The lowest BCUT2D eigenvalue weighted by Crippen LogP contribution is -2.30. The second-order valence-corrected chi connectivity index (χ2v) is 4.67. The molecule has 1 aliphatic rings. The predicted octanol–water partition coefficient (Wildman–Crippen LogP) is 1.63. The highest BCUT2D eigenvalue weighted by Crippen LogP contribution is 2.19. The third-order valence-electron chi connectivity index (χ3n) is 3.19. The molecule has 18 heavy (non-hydrogen) atoms. The molecule has 1 aromatic heterocycles. The molecule has 0 radical (unpaired) electrons. The fourth-order valence-electron chi connectivity index (χ4n) is 2.24. The molecule has 4 nitrogen and oxygen atoms in total. The minimum Gasteiger partial charge on any atom is -0.380 e. The molecule has 0 fully saturated rings. The van der Waals surface area contributed by atoms with Gasteiger partial charge in [-0.2, -0.15) is 0 Å². The number of hydrogen-bond donors (Lipinski definition) is 1. The zero-order valence-corrected chi connectivity index (χ0v) is 11.1. The summed E-state index contributed by atoms with van der Waals surface area (Å²) in [6.07, 6.45) is 3.28. The normalized spacial score (nSPS) is 15.7. The zero-order valence-electron chi connectivity index (χ0n) is 11.1. The summed E-state index contributed by atoms with van der Waals surface area (Å²) in [6.45, 7) is 5.21. The highest BCUT2D eigenvalue weighted by atomic mass is 16.5. The van der Waals surface area contributed by atoms with Gasteiger partial charge in [0.15, 0.2) is 0 Å². The van der Waals surface area contributed by atoms with Crippen LogP contribution < -0.4 is 10.6 Å². The Morgan fingerprint density at radius 3 is 2.89 bits per heavy atom. The number of pyridine rings is 1. The van der Waals surface area contributed by atoms with Gasteiger partial charge in [0.2, 0.25) is 0 Å². The Morgan fingerprint density at radius 1 is 1.44 bits per heavy atom. The van der Waals surface area contributed by atoms with E-state index >= 15 is 0 Å². The molecule has 0 unspecified atom stereocenters. The Hall–Kier alpha value is -1.39. The molecule has 0 spiro atoms. The van der Waals surface area contributed by atoms with Gasteiger partial charge in [-0.3, -0.25) is 0 Å². The molecule has 0 saturated carbocycles. The number of hydrogen-bond acceptors (Lipinski definition) is 4. The maximum absolute atomic E-state index is 5.70. The summed E-state index contributed by atoms with van der Waals surface area (Å²) >= 11 is 0. The number of aryl methyl sites for hydroxylation is 1. The average molecular weight is 247 g/mol. The fraction of sp³-hybridized carbons (Fsp3) is 0.500. The molecule has 2 rings (SSSR count). The molecule has 0 aromatic carbocycles. The summed E-state index contributed by atoms with van der Waals surface area (Å²) in [7, 11) is 1.74. The second kappa shape index (κ2) is 5.98. The molecule has 1 aromatic rings. The van der Waals surface area contributed by atoms with Crippen LogP contribution in [0.25, 0.3) is 0 Å². The maximum atomic E-state index is 5.70. The Bertz CT molecular complexity index is 443. The summed E-state index contributed by atoms with van der Waals surface area (Å²) in [6, 6.07) is 4.13. The SMILES string of the molecule is COCC1=CCN(c2cc(CN)cc(C)n2)CC1. The van der Waals surface area contributed by atoms with Crippen LogP contribution in [0.2, 0.25) is 0 Å². The highest BCUT2D eigenvalue weighted by molar-refractivity contribution is 5.44. The first-order chi connectivity index (χ1) is 8.72. The summed E-state index contributed by atoms with van der Waals surface area (Å²) < 4.78 is 5.16. The molecular formula is C14H21N3O. The van der Waals surface area contributed by atoms with E-state index in [1.807, 2.05) is 13.0 Å². The summed E-state index contributed by atoms with van der Waals surface area (Å²) in [5, 5.41) is 0. The van der Waals surface area contributed by atoms with Gasteiger partial charge in [0.05, 0.1) is 6.61 Å². The number of nitrogens with zero attached hydrogens (tertiary/aromatic N) is 2. The van der Waals surface area contributed by atoms with Crippen molar-refractivity contribution in [1.29, 1.82) is 0 Å². The molecule has 2 N–H and O–H groups in total. The topological polar surface area (TPSA) is 51.4 Å². The Labute approximate surface area is 108 Å². The van der Waals surface area contributed by atoms with Crippen molar-refractivity contribution >= 4 is 5.82 Å². The van der Waals surface area contributed by atoms with Gasteiger partial charge in [0.1, 0.15) is 5.82 Å². The number of anilines is 1. The van der Waals surface area contributed by atoms with Crippen LogP contribution in [0.3, 0.4) is 0 Å². The van der Waals surface area contributed by atoms with Crippen LogP contribution in [-0.4, -0.2) is 31.8 Å². The first-order valence-corrected chi connectivity index (χ1v) is 6.32. The minimum atomic E-state index is 0.564. The molecular weight excluding hydrogens is 226 g/mol. The molecule has 4 heteroatoms. The van der Waals surface area contributed by atoms with Crippen molar-refractivity contribution in [3.05, 3.63) is 35.0 Å². The van der Waals surface area contributed by atoms with E-state index in [0.29, 0.717) is 6.54 Å². The van der Waals surface area contributed by atoms with Crippen LogP contribution in [0, 0.1) is 6.92 Å². The van der Waals surface area contributed by atoms with Gasteiger partial charge in [-0.05, 0) is 36.6 Å². The molecule has 0 saturated heterocycles. The third-order valence-corrected chi connectivity index (χ3v) is 3.19. The van der Waals surface area contributed by atoms with E-state index in [1.165, 1.54) is 5.57 Å². The van der Waals surface area contributed by atoms with Crippen LogP contribution in [-0.2, 0) is 11.3 Å². The van der Waals surface area contributed by atoms with Gasteiger partial charge < -0.3 is 15.4 Å². The number of methoxy groups -OCH3 is 1. The van der Waals surface area contributed by atoms with E-state index in [-0.39, 0.29) is 0 Å². The van der Waals surface area contributed by atoms with Crippen molar-refractivity contribution < 1.29 is 4.74 Å². The van der Waals surface area contributed by atoms with Crippen LogP contribution in [0.1, 0.15) is 17.7 Å². The number of ether oxygens (including phenoxy) is 1. The monoisotopic (exact) mass is 247 g/mol. The smallest absolute Gasteiger partial charge is 0.129 e. The summed E-state index contributed by atoms with van der Waals surface area (Å²) in [5.74, 6) is 1.03. The van der Waals surface area contributed by atoms with Gasteiger partial charge in [-0.1, -0.05) is 6.08 Å². The van der Waals surface area contributed by atoms with Crippen molar-refractivity contribution in [3.63, 3.8) is 0 Å². The zero-order chi connectivity index (χ0) is 13.0. The standard InChI is InChI=1S/C14H21N3O/c1-11-7-13(9-15)8-14(16-11)17-5-3-12(4-6-17)10-18-2/h3,7-8H,4-6,9-10,15H2,1-2H3. The van der Waals surface area contributed by atoms with Crippen molar-refractivity contribution in [2.45, 2.75) is 19.9 Å². The molecule has 0 amide bonds. The quantitative estimate of drug-likeness (QED) is 0.822. The average Bonchev–Trinajstić information content (AvgIpc) is 2.39. The van der Waals surface area contributed by atoms with Gasteiger partial charge in [-0.15, -0.1) is 0 Å². The van der Waals surface area contributed by atoms with E-state index in [4.69, 9.17) is 10.5 Å². The molecule has 0 aliphatic carbocycles.